The highest BCUT2D eigenvalue weighted by molar-refractivity contribution is 6.01. The number of ether oxygens (including phenoxy) is 1. The standard InChI is InChI=1S/C9H10O2/c1-6-5-11-8-4-2-3-7(10)9(6)8/h1-5H2. The predicted octanol–water partition coefficient (Wildman–Crippen LogP) is 1.58. The van der Waals surface area contributed by atoms with Gasteiger partial charge in [-0.2, -0.15) is 0 Å². The number of rotatable bonds is 0. The number of ketones is 1. The summed E-state index contributed by atoms with van der Waals surface area (Å²) in [6.45, 7) is 4.31. The summed E-state index contributed by atoms with van der Waals surface area (Å²) < 4.78 is 5.30. The lowest BCUT2D eigenvalue weighted by Gasteiger charge is -2.10. The Morgan fingerprint density at radius 3 is 2.91 bits per heavy atom. The Bertz CT molecular complexity index is 261. The van der Waals surface area contributed by atoms with Crippen LogP contribution >= 0.6 is 0 Å². The lowest BCUT2D eigenvalue weighted by Crippen LogP contribution is -2.08. The van der Waals surface area contributed by atoms with Gasteiger partial charge in [0.25, 0.3) is 0 Å². The van der Waals surface area contributed by atoms with Gasteiger partial charge in [0, 0.05) is 12.8 Å². The summed E-state index contributed by atoms with van der Waals surface area (Å²) in [6.07, 6.45) is 2.52. The van der Waals surface area contributed by atoms with E-state index in [-0.39, 0.29) is 5.78 Å². The number of hydrogen-bond acceptors (Lipinski definition) is 2. The molecule has 11 heavy (non-hydrogen) atoms. The Balaban J connectivity index is 2.41. The monoisotopic (exact) mass is 150 g/mol. The zero-order valence-electron chi connectivity index (χ0n) is 6.35. The molecule has 1 heterocycles. The van der Waals surface area contributed by atoms with E-state index in [0.29, 0.717) is 13.0 Å². The first-order valence-electron chi connectivity index (χ1n) is 3.86. The van der Waals surface area contributed by atoms with Gasteiger partial charge in [-0.25, -0.2) is 0 Å². The second kappa shape index (κ2) is 2.22. The molecule has 0 saturated carbocycles. The third-order valence-electron chi connectivity index (χ3n) is 2.14. The highest BCUT2D eigenvalue weighted by Gasteiger charge is 2.28. The number of carbonyl (C=O) groups is 1. The van der Waals surface area contributed by atoms with Crippen molar-refractivity contribution in [1.82, 2.24) is 0 Å². The largest absolute Gasteiger partial charge is 0.492 e. The minimum Gasteiger partial charge on any atom is -0.492 e. The van der Waals surface area contributed by atoms with Gasteiger partial charge in [-0.15, -0.1) is 0 Å². The molecule has 1 aliphatic carbocycles. The highest BCUT2D eigenvalue weighted by atomic mass is 16.5. The zero-order chi connectivity index (χ0) is 7.84. The lowest BCUT2D eigenvalue weighted by atomic mass is 9.94. The first kappa shape index (κ1) is 6.65. The predicted molar refractivity (Wildman–Crippen MR) is 41.0 cm³/mol. The van der Waals surface area contributed by atoms with Crippen LogP contribution in [0.5, 0.6) is 0 Å². The first-order valence-corrected chi connectivity index (χ1v) is 3.86. The summed E-state index contributed by atoms with van der Waals surface area (Å²) in [4.78, 5) is 11.3. The van der Waals surface area contributed by atoms with E-state index in [2.05, 4.69) is 6.58 Å². The number of carbonyl (C=O) groups excluding carboxylic acids is 1. The average Bonchev–Trinajstić information content (AvgIpc) is 2.34. The van der Waals surface area contributed by atoms with E-state index in [0.717, 1.165) is 29.7 Å². The molecule has 0 fully saturated rings. The van der Waals surface area contributed by atoms with Crippen LogP contribution < -0.4 is 0 Å². The maximum atomic E-state index is 11.3. The molecule has 0 aromatic carbocycles. The van der Waals surface area contributed by atoms with Crippen molar-refractivity contribution in [3.8, 4) is 0 Å². The molecule has 2 heteroatoms. The summed E-state index contributed by atoms with van der Waals surface area (Å²) in [7, 11) is 0. The number of Topliss-reactive ketones (excluding diaryl/α,β-unsaturated/α-hetero) is 1. The van der Waals surface area contributed by atoms with Gasteiger partial charge in [-0.05, 0) is 12.0 Å². The average molecular weight is 150 g/mol. The SMILES string of the molecule is C=C1COC2=C1C(=O)CCC2. The molecule has 0 amide bonds. The molecule has 2 rings (SSSR count). The molecule has 0 bridgehead atoms. The van der Waals surface area contributed by atoms with Gasteiger partial charge in [-0.1, -0.05) is 6.58 Å². The molecule has 0 radical (unpaired) electrons. The normalized spacial score (nSPS) is 23.6. The Morgan fingerprint density at radius 2 is 2.18 bits per heavy atom. The van der Waals surface area contributed by atoms with E-state index < -0.39 is 0 Å². The van der Waals surface area contributed by atoms with E-state index in [9.17, 15) is 4.79 Å². The fourth-order valence-corrected chi connectivity index (χ4v) is 1.60. The van der Waals surface area contributed by atoms with Crippen LogP contribution in [0.15, 0.2) is 23.5 Å². The van der Waals surface area contributed by atoms with Gasteiger partial charge in [0.05, 0.1) is 5.57 Å². The van der Waals surface area contributed by atoms with E-state index in [1.54, 1.807) is 0 Å². The van der Waals surface area contributed by atoms with Gasteiger partial charge in [0.15, 0.2) is 5.78 Å². The third-order valence-corrected chi connectivity index (χ3v) is 2.14. The van der Waals surface area contributed by atoms with Gasteiger partial charge in [0.2, 0.25) is 0 Å². The van der Waals surface area contributed by atoms with Crippen molar-refractivity contribution in [3.63, 3.8) is 0 Å². The third kappa shape index (κ3) is 0.897. The van der Waals surface area contributed by atoms with Gasteiger partial charge in [0.1, 0.15) is 12.4 Å². The van der Waals surface area contributed by atoms with Crippen molar-refractivity contribution in [2.75, 3.05) is 6.61 Å². The van der Waals surface area contributed by atoms with Crippen molar-refractivity contribution in [3.05, 3.63) is 23.5 Å². The molecule has 0 spiro atoms. The van der Waals surface area contributed by atoms with Crippen LogP contribution in [0.3, 0.4) is 0 Å². The maximum Gasteiger partial charge on any atom is 0.166 e. The van der Waals surface area contributed by atoms with Crippen molar-refractivity contribution < 1.29 is 9.53 Å². The molecule has 0 atom stereocenters. The fraction of sp³-hybridized carbons (Fsp3) is 0.444. The Labute approximate surface area is 65.5 Å². The summed E-state index contributed by atoms with van der Waals surface area (Å²) in [5, 5.41) is 0. The Morgan fingerprint density at radius 1 is 1.36 bits per heavy atom. The van der Waals surface area contributed by atoms with Crippen LogP contribution in [0.25, 0.3) is 0 Å². The van der Waals surface area contributed by atoms with E-state index in [1.807, 2.05) is 0 Å². The van der Waals surface area contributed by atoms with Crippen molar-refractivity contribution in [1.29, 1.82) is 0 Å². The minimum absolute atomic E-state index is 0.216. The molecule has 2 aliphatic rings. The van der Waals surface area contributed by atoms with Crippen molar-refractivity contribution >= 4 is 5.78 Å². The van der Waals surface area contributed by atoms with Crippen LogP contribution in [-0.2, 0) is 9.53 Å². The molecule has 0 unspecified atom stereocenters. The Kier molecular flexibility index (Phi) is 1.34. The van der Waals surface area contributed by atoms with Crippen LogP contribution in [0.1, 0.15) is 19.3 Å². The summed E-state index contributed by atoms with van der Waals surface area (Å²) in [5.41, 5.74) is 1.65. The summed E-state index contributed by atoms with van der Waals surface area (Å²) in [5.74, 6) is 1.10. The second-order valence-electron chi connectivity index (χ2n) is 2.97. The lowest BCUT2D eigenvalue weighted by molar-refractivity contribution is -0.115. The zero-order valence-corrected chi connectivity index (χ0v) is 6.35. The molecular formula is C9H10O2. The molecule has 2 nitrogen and oxygen atoms in total. The minimum atomic E-state index is 0.216. The quantitative estimate of drug-likeness (QED) is 0.524. The molecule has 0 aromatic rings. The highest BCUT2D eigenvalue weighted by Crippen LogP contribution is 2.32. The molecular weight excluding hydrogens is 140 g/mol. The van der Waals surface area contributed by atoms with Crippen molar-refractivity contribution in [2.45, 2.75) is 19.3 Å². The van der Waals surface area contributed by atoms with E-state index in [1.165, 1.54) is 0 Å². The number of hydrogen-bond donors (Lipinski definition) is 0. The summed E-state index contributed by atoms with van der Waals surface area (Å²) in [6, 6.07) is 0. The summed E-state index contributed by atoms with van der Waals surface area (Å²) >= 11 is 0. The van der Waals surface area contributed by atoms with Crippen LogP contribution in [0.4, 0.5) is 0 Å². The first-order chi connectivity index (χ1) is 5.29. The van der Waals surface area contributed by atoms with Crippen LogP contribution in [0.2, 0.25) is 0 Å². The van der Waals surface area contributed by atoms with Crippen LogP contribution in [-0.4, -0.2) is 12.4 Å². The molecule has 58 valence electrons. The second-order valence-corrected chi connectivity index (χ2v) is 2.97. The molecule has 0 N–H and O–H groups in total. The van der Waals surface area contributed by atoms with E-state index in [4.69, 9.17) is 4.74 Å². The Hall–Kier alpha value is -1.05. The van der Waals surface area contributed by atoms with Gasteiger partial charge < -0.3 is 4.74 Å². The van der Waals surface area contributed by atoms with Crippen LogP contribution in [0, 0.1) is 0 Å². The smallest absolute Gasteiger partial charge is 0.166 e. The van der Waals surface area contributed by atoms with Gasteiger partial charge in [-0.3, -0.25) is 4.79 Å². The maximum absolute atomic E-state index is 11.3. The van der Waals surface area contributed by atoms with Gasteiger partial charge >= 0.3 is 0 Å². The molecule has 1 aliphatic heterocycles. The molecule has 0 saturated heterocycles. The van der Waals surface area contributed by atoms with E-state index >= 15 is 0 Å². The fourth-order valence-electron chi connectivity index (χ4n) is 1.60. The topological polar surface area (TPSA) is 26.3 Å². The molecule has 0 aromatic heterocycles. The number of allylic oxidation sites excluding steroid dienone is 1. The van der Waals surface area contributed by atoms with Crippen molar-refractivity contribution in [2.24, 2.45) is 0 Å².